The second-order valence-corrected chi connectivity index (χ2v) is 5.63. The molecule has 7 nitrogen and oxygen atoms in total. The Morgan fingerprint density at radius 2 is 2.08 bits per heavy atom. The molecule has 2 aromatic heterocycles. The Hall–Kier alpha value is -3.06. The number of aromatic nitrogens is 2. The van der Waals surface area contributed by atoms with E-state index in [-0.39, 0.29) is 24.9 Å². The maximum Gasteiger partial charge on any atom is 0.254 e. The maximum atomic E-state index is 12.1. The SMILES string of the molecule is O=C(CNC(=O)c1cnn(-c2cccc(Cl)c2)c1)NCc1ccco1. The van der Waals surface area contributed by atoms with Gasteiger partial charge in [-0.05, 0) is 30.3 Å². The Morgan fingerprint density at radius 3 is 2.84 bits per heavy atom. The van der Waals surface area contributed by atoms with Gasteiger partial charge in [0.05, 0.1) is 36.8 Å². The number of carbonyl (C=O) groups excluding carboxylic acids is 2. The molecule has 8 heteroatoms. The van der Waals surface area contributed by atoms with Gasteiger partial charge in [-0.2, -0.15) is 5.10 Å². The second-order valence-electron chi connectivity index (χ2n) is 5.19. The van der Waals surface area contributed by atoms with Gasteiger partial charge in [0.25, 0.3) is 5.91 Å². The number of hydrogen-bond donors (Lipinski definition) is 2. The van der Waals surface area contributed by atoms with Crippen LogP contribution in [0.4, 0.5) is 0 Å². The highest BCUT2D eigenvalue weighted by molar-refractivity contribution is 6.30. The molecular formula is C17H15ClN4O3. The average molecular weight is 359 g/mol. The molecule has 2 N–H and O–H groups in total. The minimum Gasteiger partial charge on any atom is -0.467 e. The summed E-state index contributed by atoms with van der Waals surface area (Å²) in [4.78, 5) is 23.8. The standard InChI is InChI=1S/C17H15ClN4O3/c18-13-3-1-4-14(7-13)22-11-12(8-21-22)17(24)20-10-16(23)19-9-15-5-2-6-25-15/h1-8,11H,9-10H2,(H,19,23)(H,20,24). The van der Waals surface area contributed by atoms with Crippen molar-refractivity contribution in [1.82, 2.24) is 20.4 Å². The van der Waals surface area contributed by atoms with Crippen LogP contribution in [0.15, 0.2) is 59.5 Å². The lowest BCUT2D eigenvalue weighted by molar-refractivity contribution is -0.120. The number of nitrogens with zero attached hydrogens (tertiary/aromatic N) is 2. The van der Waals surface area contributed by atoms with Crippen LogP contribution in [0.3, 0.4) is 0 Å². The number of rotatable bonds is 6. The lowest BCUT2D eigenvalue weighted by atomic mass is 10.3. The maximum absolute atomic E-state index is 12.1. The number of nitrogens with one attached hydrogen (secondary N) is 2. The van der Waals surface area contributed by atoms with Crippen molar-refractivity contribution in [2.45, 2.75) is 6.54 Å². The zero-order valence-corrected chi connectivity index (χ0v) is 13.9. The van der Waals surface area contributed by atoms with E-state index in [1.165, 1.54) is 17.1 Å². The number of benzene rings is 1. The van der Waals surface area contributed by atoms with Gasteiger partial charge in [-0.15, -0.1) is 0 Å². The summed E-state index contributed by atoms with van der Waals surface area (Å²) in [6.45, 7) is 0.135. The van der Waals surface area contributed by atoms with E-state index >= 15 is 0 Å². The summed E-state index contributed by atoms with van der Waals surface area (Å²) in [6, 6.07) is 10.6. The zero-order chi connectivity index (χ0) is 17.6. The summed E-state index contributed by atoms with van der Waals surface area (Å²) in [5.41, 5.74) is 1.08. The minimum atomic E-state index is -0.388. The van der Waals surface area contributed by atoms with Crippen molar-refractivity contribution < 1.29 is 14.0 Å². The van der Waals surface area contributed by atoms with Gasteiger partial charge in [0, 0.05) is 11.2 Å². The van der Waals surface area contributed by atoms with Crippen LogP contribution in [-0.4, -0.2) is 28.1 Å². The van der Waals surface area contributed by atoms with Gasteiger partial charge in [0.15, 0.2) is 0 Å². The first-order chi connectivity index (χ1) is 12.1. The lowest BCUT2D eigenvalue weighted by Gasteiger charge is -2.05. The molecule has 0 aliphatic heterocycles. The molecule has 3 rings (SSSR count). The molecule has 0 spiro atoms. The normalized spacial score (nSPS) is 10.4. The summed E-state index contributed by atoms with van der Waals surface area (Å²) < 4.78 is 6.65. The van der Waals surface area contributed by atoms with Crippen LogP contribution in [0.5, 0.6) is 0 Å². The van der Waals surface area contributed by atoms with Crippen LogP contribution in [0, 0.1) is 0 Å². The van der Waals surface area contributed by atoms with Crippen LogP contribution in [0.2, 0.25) is 5.02 Å². The van der Waals surface area contributed by atoms with Crippen molar-refractivity contribution in [2.24, 2.45) is 0 Å². The zero-order valence-electron chi connectivity index (χ0n) is 13.1. The topological polar surface area (TPSA) is 89.2 Å². The van der Waals surface area contributed by atoms with E-state index in [0.29, 0.717) is 16.3 Å². The van der Waals surface area contributed by atoms with Crippen molar-refractivity contribution in [3.8, 4) is 5.69 Å². The molecule has 0 saturated carbocycles. The second kappa shape index (κ2) is 7.67. The summed E-state index contributed by atoms with van der Waals surface area (Å²) in [5.74, 6) is -0.0594. The van der Waals surface area contributed by atoms with Crippen molar-refractivity contribution in [3.63, 3.8) is 0 Å². The smallest absolute Gasteiger partial charge is 0.254 e. The third kappa shape index (κ3) is 4.48. The van der Waals surface area contributed by atoms with Crippen LogP contribution in [-0.2, 0) is 11.3 Å². The highest BCUT2D eigenvalue weighted by Crippen LogP contribution is 2.14. The Morgan fingerprint density at radius 1 is 1.20 bits per heavy atom. The van der Waals surface area contributed by atoms with E-state index in [2.05, 4.69) is 15.7 Å². The minimum absolute atomic E-state index is 0.137. The Labute approximate surface area is 148 Å². The highest BCUT2D eigenvalue weighted by atomic mass is 35.5. The van der Waals surface area contributed by atoms with Gasteiger partial charge in [-0.25, -0.2) is 4.68 Å². The van der Waals surface area contributed by atoms with Gasteiger partial charge in [0.1, 0.15) is 5.76 Å². The molecule has 0 fully saturated rings. The fourth-order valence-corrected chi connectivity index (χ4v) is 2.31. The van der Waals surface area contributed by atoms with E-state index in [9.17, 15) is 9.59 Å². The molecule has 3 aromatic rings. The predicted molar refractivity (Wildman–Crippen MR) is 91.5 cm³/mol. The van der Waals surface area contributed by atoms with E-state index in [4.69, 9.17) is 16.0 Å². The number of amides is 2. The fraction of sp³-hybridized carbons (Fsp3) is 0.118. The first kappa shape index (κ1) is 16.8. The summed E-state index contributed by atoms with van der Waals surface area (Å²) in [6.07, 6.45) is 4.53. The quantitative estimate of drug-likeness (QED) is 0.706. The van der Waals surface area contributed by atoms with Gasteiger partial charge < -0.3 is 15.1 Å². The van der Waals surface area contributed by atoms with Crippen molar-refractivity contribution in [1.29, 1.82) is 0 Å². The molecule has 0 aliphatic carbocycles. The number of halogens is 1. The molecule has 0 unspecified atom stereocenters. The molecule has 25 heavy (non-hydrogen) atoms. The Balaban J connectivity index is 1.52. The molecule has 0 radical (unpaired) electrons. The number of hydrogen-bond acceptors (Lipinski definition) is 4. The summed E-state index contributed by atoms with van der Waals surface area (Å²) >= 11 is 5.94. The van der Waals surface area contributed by atoms with Gasteiger partial charge in [-0.3, -0.25) is 9.59 Å². The van der Waals surface area contributed by atoms with E-state index in [0.717, 1.165) is 5.69 Å². The van der Waals surface area contributed by atoms with Gasteiger partial charge in [0.2, 0.25) is 5.91 Å². The van der Waals surface area contributed by atoms with Crippen LogP contribution < -0.4 is 10.6 Å². The molecule has 2 heterocycles. The van der Waals surface area contributed by atoms with Crippen LogP contribution >= 0.6 is 11.6 Å². The lowest BCUT2D eigenvalue weighted by Crippen LogP contribution is -2.36. The predicted octanol–water partition coefficient (Wildman–Crippen LogP) is 2.16. The van der Waals surface area contributed by atoms with Crippen molar-refractivity contribution in [2.75, 3.05) is 6.54 Å². The third-order valence-corrected chi connectivity index (χ3v) is 3.60. The summed E-state index contributed by atoms with van der Waals surface area (Å²) in [5, 5.41) is 9.90. The molecule has 2 amide bonds. The average Bonchev–Trinajstić information content (AvgIpc) is 3.29. The van der Waals surface area contributed by atoms with E-state index in [1.54, 1.807) is 36.5 Å². The molecule has 0 saturated heterocycles. The Kier molecular flexibility index (Phi) is 5.15. The largest absolute Gasteiger partial charge is 0.467 e. The van der Waals surface area contributed by atoms with E-state index in [1.807, 2.05) is 6.07 Å². The van der Waals surface area contributed by atoms with Crippen molar-refractivity contribution in [3.05, 3.63) is 71.4 Å². The summed E-state index contributed by atoms with van der Waals surface area (Å²) in [7, 11) is 0. The van der Waals surface area contributed by atoms with Crippen molar-refractivity contribution >= 4 is 23.4 Å². The van der Waals surface area contributed by atoms with Crippen LogP contribution in [0.1, 0.15) is 16.1 Å². The molecule has 128 valence electrons. The highest BCUT2D eigenvalue weighted by Gasteiger charge is 2.11. The number of carbonyl (C=O) groups is 2. The molecular weight excluding hydrogens is 344 g/mol. The first-order valence-electron chi connectivity index (χ1n) is 7.50. The monoisotopic (exact) mass is 358 g/mol. The third-order valence-electron chi connectivity index (χ3n) is 3.37. The Bertz CT molecular complexity index is 874. The molecule has 0 atom stereocenters. The van der Waals surface area contributed by atoms with Gasteiger partial charge >= 0.3 is 0 Å². The number of furan rings is 1. The molecule has 1 aromatic carbocycles. The van der Waals surface area contributed by atoms with Crippen LogP contribution in [0.25, 0.3) is 5.69 Å². The van der Waals surface area contributed by atoms with Gasteiger partial charge in [-0.1, -0.05) is 17.7 Å². The molecule has 0 aliphatic rings. The molecule has 0 bridgehead atoms. The van der Waals surface area contributed by atoms with E-state index < -0.39 is 0 Å². The first-order valence-corrected chi connectivity index (χ1v) is 7.87. The fourth-order valence-electron chi connectivity index (χ4n) is 2.12.